The second-order valence-corrected chi connectivity index (χ2v) is 5.36. The first-order valence-corrected chi connectivity index (χ1v) is 6.32. The van der Waals surface area contributed by atoms with Crippen molar-refractivity contribution in [3.63, 3.8) is 0 Å². The van der Waals surface area contributed by atoms with Gasteiger partial charge in [0.1, 0.15) is 0 Å². The van der Waals surface area contributed by atoms with Crippen LogP contribution in [0.5, 0.6) is 0 Å². The molecule has 2 aliphatic rings. The van der Waals surface area contributed by atoms with E-state index < -0.39 is 0 Å². The van der Waals surface area contributed by atoms with Crippen LogP contribution in [0.2, 0.25) is 13.1 Å². The zero-order valence-electron chi connectivity index (χ0n) is 9.89. The molecule has 3 heteroatoms. The lowest BCUT2D eigenvalue weighted by Gasteiger charge is -2.32. The molecule has 0 bridgehead atoms. The minimum atomic E-state index is -0.114. The van der Waals surface area contributed by atoms with E-state index >= 15 is 0 Å². The van der Waals surface area contributed by atoms with E-state index in [1.807, 2.05) is 0 Å². The predicted molar refractivity (Wildman–Crippen MR) is 68.5 cm³/mol. The first kappa shape index (κ1) is 10.4. The quantitative estimate of drug-likeness (QED) is 0.724. The van der Waals surface area contributed by atoms with Crippen molar-refractivity contribution >= 4 is 6.85 Å². The molecule has 2 unspecified atom stereocenters. The summed E-state index contributed by atoms with van der Waals surface area (Å²) in [6.45, 7) is 4.19. The normalized spacial score (nSPS) is 34.4. The van der Waals surface area contributed by atoms with E-state index in [0.29, 0.717) is 12.9 Å². The Labute approximate surface area is 97.9 Å². The highest BCUT2D eigenvalue weighted by Gasteiger charge is 2.51. The molecule has 2 atom stereocenters. The highest BCUT2D eigenvalue weighted by atomic mass is 15.2. The molecule has 0 radical (unpaired) electrons. The van der Waals surface area contributed by atoms with Crippen molar-refractivity contribution in [2.24, 2.45) is 5.73 Å². The van der Waals surface area contributed by atoms with Crippen molar-refractivity contribution < 1.29 is 0 Å². The molecule has 0 aromatic heterocycles. The van der Waals surface area contributed by atoms with Gasteiger partial charge in [-0.25, -0.2) is 0 Å². The Morgan fingerprint density at radius 2 is 2.12 bits per heavy atom. The molecule has 0 spiro atoms. The number of fused-ring (bicyclic) bond motifs is 1. The van der Waals surface area contributed by atoms with Gasteiger partial charge in [0, 0.05) is 6.04 Å². The fraction of sp³-hybridized carbons (Fsp3) is 0.538. The lowest BCUT2D eigenvalue weighted by atomic mass is 9.58. The maximum atomic E-state index is 6.71. The van der Waals surface area contributed by atoms with E-state index in [0.717, 1.165) is 6.32 Å². The van der Waals surface area contributed by atoms with Gasteiger partial charge in [0.05, 0.1) is 5.54 Å². The minimum Gasteiger partial charge on any atom is -0.338 e. The summed E-state index contributed by atoms with van der Waals surface area (Å²) in [6, 6.07) is 11.2. The molecular weight excluding hydrogens is 195 g/mol. The van der Waals surface area contributed by atoms with Crippen molar-refractivity contribution in [1.82, 2.24) is 4.81 Å². The van der Waals surface area contributed by atoms with E-state index in [2.05, 4.69) is 42.0 Å². The third-order valence-corrected chi connectivity index (χ3v) is 4.40. The molecule has 2 heterocycles. The molecule has 1 aromatic carbocycles. The highest BCUT2D eigenvalue weighted by molar-refractivity contribution is 6.55. The smallest absolute Gasteiger partial charge is 0.222 e. The summed E-state index contributed by atoms with van der Waals surface area (Å²) >= 11 is 0. The molecule has 2 aliphatic heterocycles. The van der Waals surface area contributed by atoms with Crippen LogP contribution in [0.1, 0.15) is 18.4 Å². The predicted octanol–water partition coefficient (Wildman–Crippen LogP) is 1.94. The van der Waals surface area contributed by atoms with Gasteiger partial charge in [0.2, 0.25) is 6.85 Å². The van der Waals surface area contributed by atoms with Gasteiger partial charge >= 0.3 is 0 Å². The Hall–Kier alpha value is -0.795. The summed E-state index contributed by atoms with van der Waals surface area (Å²) in [7, 11) is 0. The molecular formula is C13H19BN2. The minimum absolute atomic E-state index is 0.114. The van der Waals surface area contributed by atoms with Crippen LogP contribution in [0, 0.1) is 0 Å². The second-order valence-electron chi connectivity index (χ2n) is 5.36. The average molecular weight is 214 g/mol. The lowest BCUT2D eigenvalue weighted by molar-refractivity contribution is 0.305. The van der Waals surface area contributed by atoms with E-state index in [-0.39, 0.29) is 5.54 Å². The summed E-state index contributed by atoms with van der Waals surface area (Å²) in [5.41, 5.74) is 7.92. The molecule has 2 fully saturated rings. The molecule has 0 aliphatic carbocycles. The lowest BCUT2D eigenvalue weighted by Crippen LogP contribution is -2.46. The van der Waals surface area contributed by atoms with Crippen molar-refractivity contribution in [2.75, 3.05) is 6.54 Å². The maximum absolute atomic E-state index is 6.71. The molecule has 1 aromatic rings. The van der Waals surface area contributed by atoms with Crippen LogP contribution >= 0.6 is 0 Å². The van der Waals surface area contributed by atoms with E-state index in [1.165, 1.54) is 24.9 Å². The SMILES string of the molecule is CB1CC(N)(c2ccccc2)C2CCCN12. The summed E-state index contributed by atoms with van der Waals surface area (Å²) in [5, 5.41) is 0. The fourth-order valence-corrected chi connectivity index (χ4v) is 3.67. The van der Waals surface area contributed by atoms with Gasteiger partial charge in [-0.3, -0.25) is 0 Å². The zero-order valence-corrected chi connectivity index (χ0v) is 9.89. The number of nitrogens with zero attached hydrogens (tertiary/aromatic N) is 1. The number of nitrogens with two attached hydrogens (primary N) is 1. The third kappa shape index (κ3) is 1.35. The van der Waals surface area contributed by atoms with Crippen LogP contribution in [0.3, 0.4) is 0 Å². The highest BCUT2D eigenvalue weighted by Crippen LogP contribution is 2.43. The van der Waals surface area contributed by atoms with Crippen LogP contribution in [0.4, 0.5) is 0 Å². The Bertz CT molecular complexity index is 381. The van der Waals surface area contributed by atoms with Gasteiger partial charge in [-0.15, -0.1) is 0 Å². The van der Waals surface area contributed by atoms with Gasteiger partial charge in [0.15, 0.2) is 0 Å². The van der Waals surface area contributed by atoms with Gasteiger partial charge in [-0.05, 0) is 31.3 Å². The first-order valence-electron chi connectivity index (χ1n) is 6.32. The third-order valence-electron chi connectivity index (χ3n) is 4.40. The van der Waals surface area contributed by atoms with E-state index in [9.17, 15) is 0 Å². The fourth-order valence-electron chi connectivity index (χ4n) is 3.67. The standard InChI is InChI=1S/C13H19BN2/c1-14-10-13(15,11-6-3-2-4-7-11)12-8-5-9-16(12)14/h2-4,6-7,12H,5,8-10,15H2,1H3. The molecule has 3 rings (SSSR count). The van der Waals surface area contributed by atoms with Crippen LogP contribution in [0.25, 0.3) is 0 Å². The Balaban J connectivity index is 1.99. The zero-order chi connectivity index (χ0) is 11.2. The van der Waals surface area contributed by atoms with E-state index in [4.69, 9.17) is 5.73 Å². The molecule has 0 amide bonds. The van der Waals surface area contributed by atoms with Crippen molar-refractivity contribution in [2.45, 2.75) is 37.6 Å². The molecule has 2 nitrogen and oxygen atoms in total. The maximum Gasteiger partial charge on any atom is 0.222 e. The van der Waals surface area contributed by atoms with Crippen LogP contribution in [-0.2, 0) is 5.54 Å². The summed E-state index contributed by atoms with van der Waals surface area (Å²) < 4.78 is 0. The second kappa shape index (κ2) is 3.61. The van der Waals surface area contributed by atoms with Crippen LogP contribution in [-0.4, -0.2) is 24.2 Å². The molecule has 2 N–H and O–H groups in total. The number of benzene rings is 1. The molecule has 2 saturated heterocycles. The van der Waals surface area contributed by atoms with Crippen molar-refractivity contribution in [3.05, 3.63) is 35.9 Å². The van der Waals surface area contributed by atoms with Gasteiger partial charge in [-0.1, -0.05) is 37.2 Å². The number of hydrogen-bond acceptors (Lipinski definition) is 2. The molecule has 0 saturated carbocycles. The largest absolute Gasteiger partial charge is 0.338 e. The van der Waals surface area contributed by atoms with Gasteiger partial charge < -0.3 is 10.5 Å². The summed E-state index contributed by atoms with van der Waals surface area (Å²) in [4.78, 5) is 2.60. The van der Waals surface area contributed by atoms with Gasteiger partial charge in [0.25, 0.3) is 0 Å². The van der Waals surface area contributed by atoms with Gasteiger partial charge in [-0.2, -0.15) is 0 Å². The summed E-state index contributed by atoms with van der Waals surface area (Å²) in [5.74, 6) is 0. The topological polar surface area (TPSA) is 29.3 Å². The number of rotatable bonds is 1. The van der Waals surface area contributed by atoms with Crippen molar-refractivity contribution in [1.29, 1.82) is 0 Å². The Morgan fingerprint density at radius 1 is 1.38 bits per heavy atom. The first-order chi connectivity index (χ1) is 7.72. The summed E-state index contributed by atoms with van der Waals surface area (Å²) in [6.07, 6.45) is 3.66. The average Bonchev–Trinajstić information content (AvgIpc) is 2.86. The van der Waals surface area contributed by atoms with Crippen molar-refractivity contribution in [3.8, 4) is 0 Å². The molecule has 84 valence electrons. The Morgan fingerprint density at radius 3 is 2.88 bits per heavy atom. The monoisotopic (exact) mass is 214 g/mol. The van der Waals surface area contributed by atoms with E-state index in [1.54, 1.807) is 0 Å². The Kier molecular flexibility index (Phi) is 2.34. The molecule has 16 heavy (non-hydrogen) atoms. The number of hydrogen-bond donors (Lipinski definition) is 1. The van der Waals surface area contributed by atoms with Crippen LogP contribution < -0.4 is 5.73 Å². The van der Waals surface area contributed by atoms with Crippen LogP contribution in [0.15, 0.2) is 30.3 Å².